The lowest BCUT2D eigenvalue weighted by molar-refractivity contribution is -0.122. The Morgan fingerprint density at radius 1 is 1.00 bits per heavy atom. The monoisotopic (exact) mass is 470 g/mol. The van der Waals surface area contributed by atoms with Gasteiger partial charge in [-0.1, -0.05) is 35.3 Å². The average Bonchev–Trinajstić information content (AvgIpc) is 3.18. The zero-order chi connectivity index (χ0) is 22.3. The number of rotatable bonds is 3. The van der Waals surface area contributed by atoms with Gasteiger partial charge in [0, 0.05) is 5.56 Å². The van der Waals surface area contributed by atoms with Gasteiger partial charge in [-0.3, -0.25) is 19.8 Å². The average molecular weight is 471 g/mol. The molecule has 2 amide bonds. The number of benzene rings is 2. The molecular weight excluding hydrogens is 455 g/mol. The van der Waals surface area contributed by atoms with E-state index in [0.29, 0.717) is 27.3 Å². The Morgan fingerprint density at radius 2 is 1.77 bits per heavy atom. The van der Waals surface area contributed by atoms with Crippen molar-refractivity contribution in [3.63, 3.8) is 0 Å². The van der Waals surface area contributed by atoms with Crippen molar-refractivity contribution in [2.24, 2.45) is 0 Å². The summed E-state index contributed by atoms with van der Waals surface area (Å²) < 4.78 is 5.81. The fraction of sp³-hybridized carbons (Fsp3) is 0.0870. The van der Waals surface area contributed by atoms with Gasteiger partial charge in [0.1, 0.15) is 17.1 Å². The van der Waals surface area contributed by atoms with Crippen molar-refractivity contribution in [2.75, 3.05) is 4.90 Å². The highest BCUT2D eigenvalue weighted by Gasteiger charge is 2.35. The van der Waals surface area contributed by atoms with E-state index in [1.54, 1.807) is 30.3 Å². The van der Waals surface area contributed by atoms with Gasteiger partial charge < -0.3 is 4.42 Å². The normalized spacial score (nSPS) is 15.5. The van der Waals surface area contributed by atoms with E-state index in [2.05, 4.69) is 5.32 Å². The highest BCUT2D eigenvalue weighted by Crippen LogP contribution is 2.31. The van der Waals surface area contributed by atoms with Crippen LogP contribution in [-0.4, -0.2) is 16.9 Å². The summed E-state index contributed by atoms with van der Waals surface area (Å²) in [4.78, 5) is 27.1. The fourth-order valence-corrected chi connectivity index (χ4v) is 3.79. The van der Waals surface area contributed by atoms with E-state index in [0.717, 1.165) is 16.7 Å². The van der Waals surface area contributed by atoms with Gasteiger partial charge in [-0.25, -0.2) is 0 Å². The van der Waals surface area contributed by atoms with Gasteiger partial charge in [-0.2, -0.15) is 0 Å². The standard InChI is InChI=1S/C23H16Cl2N2O3S/c1-12-3-4-13(2)19(9-12)27-22(29)16(21(28)26-23(27)31)11-15-6-8-20(30-15)14-5-7-17(24)18(25)10-14/h3-11H,1-2H3,(H,26,28,31)/b16-11-. The Labute approximate surface area is 194 Å². The molecule has 3 aromatic rings. The number of carbonyl (C=O) groups is 2. The summed E-state index contributed by atoms with van der Waals surface area (Å²) in [6.45, 7) is 3.80. The molecule has 1 aliphatic rings. The maximum absolute atomic E-state index is 13.2. The van der Waals surface area contributed by atoms with Gasteiger partial charge in [-0.05, 0) is 79.7 Å². The quantitative estimate of drug-likeness (QED) is 0.302. The highest BCUT2D eigenvalue weighted by molar-refractivity contribution is 7.80. The minimum absolute atomic E-state index is 0.0387. The van der Waals surface area contributed by atoms with E-state index in [4.69, 9.17) is 39.8 Å². The summed E-state index contributed by atoms with van der Waals surface area (Å²) in [5, 5.41) is 3.46. The van der Waals surface area contributed by atoms with Crippen LogP contribution >= 0.6 is 35.4 Å². The third-order valence-corrected chi connectivity index (χ3v) is 5.85. The molecule has 31 heavy (non-hydrogen) atoms. The molecule has 0 aliphatic carbocycles. The molecule has 1 fully saturated rings. The molecule has 0 saturated carbocycles. The summed E-state index contributed by atoms with van der Waals surface area (Å²) in [7, 11) is 0. The Hall–Kier alpha value is -2.93. The number of halogens is 2. The number of hydrogen-bond acceptors (Lipinski definition) is 4. The number of anilines is 1. The molecule has 1 saturated heterocycles. The second-order valence-electron chi connectivity index (χ2n) is 7.08. The smallest absolute Gasteiger partial charge is 0.270 e. The number of hydrogen-bond donors (Lipinski definition) is 1. The molecule has 0 atom stereocenters. The van der Waals surface area contributed by atoms with Crippen molar-refractivity contribution >= 4 is 64.1 Å². The molecule has 1 aromatic heterocycles. The van der Waals surface area contributed by atoms with Gasteiger partial charge in [0.2, 0.25) is 0 Å². The van der Waals surface area contributed by atoms with E-state index in [1.807, 2.05) is 32.0 Å². The zero-order valence-corrected chi connectivity index (χ0v) is 18.9. The predicted octanol–water partition coefficient (Wildman–Crippen LogP) is 5.70. The molecule has 1 N–H and O–H groups in total. The van der Waals surface area contributed by atoms with Crippen LogP contribution in [0.1, 0.15) is 16.9 Å². The molecule has 1 aliphatic heterocycles. The molecule has 2 aromatic carbocycles. The Bertz CT molecular complexity index is 1280. The predicted molar refractivity (Wildman–Crippen MR) is 126 cm³/mol. The van der Waals surface area contributed by atoms with Crippen molar-refractivity contribution < 1.29 is 14.0 Å². The van der Waals surface area contributed by atoms with E-state index < -0.39 is 11.8 Å². The topological polar surface area (TPSA) is 62.6 Å². The third kappa shape index (κ3) is 4.14. The number of carbonyl (C=O) groups excluding carboxylic acids is 2. The number of nitrogens with zero attached hydrogens (tertiary/aromatic N) is 1. The number of amides is 2. The van der Waals surface area contributed by atoms with Gasteiger partial charge in [0.15, 0.2) is 5.11 Å². The van der Waals surface area contributed by atoms with Crippen molar-refractivity contribution in [3.05, 3.63) is 81.0 Å². The fourth-order valence-electron chi connectivity index (χ4n) is 3.21. The molecule has 0 spiro atoms. The Morgan fingerprint density at radius 3 is 2.52 bits per heavy atom. The lowest BCUT2D eigenvalue weighted by Gasteiger charge is -2.30. The van der Waals surface area contributed by atoms with Crippen LogP contribution in [-0.2, 0) is 9.59 Å². The molecule has 8 heteroatoms. The van der Waals surface area contributed by atoms with Crippen LogP contribution in [0.4, 0.5) is 5.69 Å². The first kappa shape index (κ1) is 21.3. The first-order valence-corrected chi connectivity index (χ1v) is 10.4. The largest absolute Gasteiger partial charge is 0.457 e. The summed E-state index contributed by atoms with van der Waals surface area (Å²) in [5.74, 6) is -0.233. The molecule has 0 bridgehead atoms. The van der Waals surface area contributed by atoms with E-state index in [1.165, 1.54) is 11.0 Å². The van der Waals surface area contributed by atoms with Crippen LogP contribution in [0.15, 0.2) is 58.5 Å². The lowest BCUT2D eigenvalue weighted by Crippen LogP contribution is -2.54. The number of furan rings is 1. The van der Waals surface area contributed by atoms with Crippen molar-refractivity contribution in [2.45, 2.75) is 13.8 Å². The second-order valence-corrected chi connectivity index (χ2v) is 8.28. The molecule has 156 valence electrons. The van der Waals surface area contributed by atoms with Gasteiger partial charge in [0.25, 0.3) is 11.8 Å². The minimum Gasteiger partial charge on any atom is -0.457 e. The second kappa shape index (κ2) is 8.30. The van der Waals surface area contributed by atoms with Gasteiger partial charge in [-0.15, -0.1) is 0 Å². The van der Waals surface area contributed by atoms with Gasteiger partial charge >= 0.3 is 0 Å². The van der Waals surface area contributed by atoms with E-state index in [9.17, 15) is 9.59 Å². The van der Waals surface area contributed by atoms with Crippen molar-refractivity contribution in [3.8, 4) is 11.3 Å². The molecule has 0 unspecified atom stereocenters. The summed E-state index contributed by atoms with van der Waals surface area (Å²) in [6, 6.07) is 14.2. The summed E-state index contributed by atoms with van der Waals surface area (Å²) in [6.07, 6.45) is 1.40. The minimum atomic E-state index is -0.580. The van der Waals surface area contributed by atoms with Crippen LogP contribution in [0.2, 0.25) is 10.0 Å². The SMILES string of the molecule is Cc1ccc(C)c(N2C(=O)/C(=C\c3ccc(-c4ccc(Cl)c(Cl)c4)o3)C(=O)NC2=S)c1. The van der Waals surface area contributed by atoms with E-state index >= 15 is 0 Å². The van der Waals surface area contributed by atoms with Crippen LogP contribution in [0.5, 0.6) is 0 Å². The molecule has 4 rings (SSSR count). The van der Waals surface area contributed by atoms with Crippen LogP contribution in [0.3, 0.4) is 0 Å². The maximum atomic E-state index is 13.2. The third-order valence-electron chi connectivity index (χ3n) is 4.82. The number of nitrogens with one attached hydrogen (secondary N) is 1. The van der Waals surface area contributed by atoms with Gasteiger partial charge in [0.05, 0.1) is 15.7 Å². The molecule has 0 radical (unpaired) electrons. The number of thiocarbonyl (C=S) groups is 1. The molecular formula is C23H16Cl2N2O3S. The van der Waals surface area contributed by atoms with Crippen LogP contribution in [0, 0.1) is 13.8 Å². The summed E-state index contributed by atoms with van der Waals surface area (Å²) in [5.41, 5.74) is 3.09. The van der Waals surface area contributed by atoms with Crippen molar-refractivity contribution in [1.82, 2.24) is 5.32 Å². The summed E-state index contributed by atoms with van der Waals surface area (Å²) >= 11 is 17.3. The zero-order valence-electron chi connectivity index (χ0n) is 16.5. The number of aryl methyl sites for hydroxylation is 2. The lowest BCUT2D eigenvalue weighted by atomic mass is 10.1. The maximum Gasteiger partial charge on any atom is 0.270 e. The Balaban J connectivity index is 1.70. The van der Waals surface area contributed by atoms with E-state index in [-0.39, 0.29) is 10.7 Å². The van der Waals surface area contributed by atoms with Crippen LogP contribution < -0.4 is 10.2 Å². The van der Waals surface area contributed by atoms with Crippen LogP contribution in [0.25, 0.3) is 17.4 Å². The Kier molecular flexibility index (Phi) is 5.71. The highest BCUT2D eigenvalue weighted by atomic mass is 35.5. The van der Waals surface area contributed by atoms with Crippen molar-refractivity contribution in [1.29, 1.82) is 0 Å². The molecule has 2 heterocycles. The molecule has 5 nitrogen and oxygen atoms in total. The first-order chi connectivity index (χ1) is 14.7. The first-order valence-electron chi connectivity index (χ1n) is 9.28.